The molecule has 0 saturated carbocycles. The highest BCUT2D eigenvalue weighted by Crippen LogP contribution is 2.22. The van der Waals surface area contributed by atoms with E-state index in [0.717, 1.165) is 6.42 Å². The zero-order chi connectivity index (χ0) is 13.3. The van der Waals surface area contributed by atoms with E-state index >= 15 is 0 Å². The van der Waals surface area contributed by atoms with E-state index in [1.165, 1.54) is 0 Å². The van der Waals surface area contributed by atoms with Crippen LogP contribution in [0.4, 0.5) is 0 Å². The van der Waals surface area contributed by atoms with Crippen molar-refractivity contribution in [3.05, 3.63) is 5.82 Å². The second-order valence-corrected chi connectivity index (χ2v) is 7.69. The number of halogens is 1. The van der Waals surface area contributed by atoms with Crippen LogP contribution in [0.25, 0.3) is 0 Å². The van der Waals surface area contributed by atoms with Crippen LogP contribution in [0.1, 0.15) is 39.9 Å². The van der Waals surface area contributed by atoms with Crippen molar-refractivity contribution in [2.45, 2.75) is 52.2 Å². The van der Waals surface area contributed by atoms with Gasteiger partial charge in [-0.15, -0.1) is 10.2 Å². The summed E-state index contributed by atoms with van der Waals surface area (Å²) in [6, 6.07) is 0. The van der Waals surface area contributed by atoms with E-state index in [1.54, 1.807) is 4.57 Å². The lowest BCUT2D eigenvalue weighted by molar-refractivity contribution is 0.387. The summed E-state index contributed by atoms with van der Waals surface area (Å²) in [7, 11) is 1.50. The Morgan fingerprint density at radius 2 is 1.88 bits per heavy atom. The fourth-order valence-electron chi connectivity index (χ4n) is 1.55. The van der Waals surface area contributed by atoms with Crippen molar-refractivity contribution >= 4 is 19.7 Å². The molecule has 0 bridgehead atoms. The molecule has 0 aliphatic heterocycles. The van der Waals surface area contributed by atoms with Crippen LogP contribution in [0.3, 0.4) is 0 Å². The number of hydrogen-bond acceptors (Lipinski definition) is 4. The largest absolute Gasteiger partial charge is 0.301 e. The lowest BCUT2D eigenvalue weighted by Gasteiger charge is -2.18. The van der Waals surface area contributed by atoms with Gasteiger partial charge in [-0.25, -0.2) is 8.42 Å². The number of rotatable bonds is 4. The van der Waals surface area contributed by atoms with Gasteiger partial charge in [0, 0.05) is 23.6 Å². The number of nitrogens with zero attached hydrogens (tertiary/aromatic N) is 3. The minimum atomic E-state index is -3.83. The van der Waals surface area contributed by atoms with E-state index < -0.39 is 9.05 Å². The van der Waals surface area contributed by atoms with Gasteiger partial charge in [0.2, 0.25) is 0 Å². The molecule has 0 aliphatic rings. The van der Waals surface area contributed by atoms with Crippen LogP contribution in [0.5, 0.6) is 0 Å². The maximum Gasteiger partial charge on any atom is 0.296 e. The van der Waals surface area contributed by atoms with Gasteiger partial charge >= 0.3 is 0 Å². The van der Waals surface area contributed by atoms with Gasteiger partial charge in [0.15, 0.2) is 0 Å². The third-order valence-electron chi connectivity index (χ3n) is 2.15. The highest BCUT2D eigenvalue weighted by atomic mass is 35.7. The molecule has 0 aromatic carbocycles. The summed E-state index contributed by atoms with van der Waals surface area (Å²) in [5, 5.41) is 7.47. The third kappa shape index (κ3) is 3.96. The van der Waals surface area contributed by atoms with E-state index in [1.807, 2.05) is 6.92 Å². The zero-order valence-electron chi connectivity index (χ0n) is 10.6. The molecule has 0 aliphatic carbocycles. The molecule has 0 fully saturated rings. The van der Waals surface area contributed by atoms with Crippen molar-refractivity contribution in [2.24, 2.45) is 5.41 Å². The van der Waals surface area contributed by atoms with Gasteiger partial charge in [-0.2, -0.15) is 0 Å². The van der Waals surface area contributed by atoms with Crippen molar-refractivity contribution < 1.29 is 8.42 Å². The quantitative estimate of drug-likeness (QED) is 0.793. The normalized spacial score (nSPS) is 13.0. The first-order valence-corrected chi connectivity index (χ1v) is 7.83. The monoisotopic (exact) mass is 279 g/mol. The molecule has 17 heavy (non-hydrogen) atoms. The molecule has 0 N–H and O–H groups in total. The average Bonchev–Trinajstić information content (AvgIpc) is 2.45. The SMILES string of the molecule is CCCn1c(CC(C)(C)C)nnc1S(=O)(=O)Cl. The van der Waals surface area contributed by atoms with E-state index in [2.05, 4.69) is 31.0 Å². The Kier molecular flexibility index (Phi) is 4.19. The van der Waals surface area contributed by atoms with Crippen LogP contribution in [0.15, 0.2) is 5.16 Å². The lowest BCUT2D eigenvalue weighted by atomic mass is 9.92. The minimum Gasteiger partial charge on any atom is -0.301 e. The smallest absolute Gasteiger partial charge is 0.296 e. The highest BCUT2D eigenvalue weighted by molar-refractivity contribution is 8.13. The van der Waals surface area contributed by atoms with Crippen LogP contribution in [0.2, 0.25) is 0 Å². The summed E-state index contributed by atoms with van der Waals surface area (Å²) in [4.78, 5) is 0. The van der Waals surface area contributed by atoms with Crippen molar-refractivity contribution in [1.82, 2.24) is 14.8 Å². The second-order valence-electron chi connectivity index (χ2n) is 5.23. The van der Waals surface area contributed by atoms with Gasteiger partial charge in [-0.05, 0) is 11.8 Å². The topological polar surface area (TPSA) is 64.8 Å². The van der Waals surface area contributed by atoms with E-state index in [-0.39, 0.29) is 10.6 Å². The summed E-state index contributed by atoms with van der Waals surface area (Å²) < 4.78 is 24.3. The fraction of sp³-hybridized carbons (Fsp3) is 0.800. The lowest BCUT2D eigenvalue weighted by Crippen LogP contribution is -2.16. The van der Waals surface area contributed by atoms with Gasteiger partial charge in [-0.3, -0.25) is 0 Å². The van der Waals surface area contributed by atoms with E-state index in [4.69, 9.17) is 10.7 Å². The molecule has 0 atom stereocenters. The third-order valence-corrected chi connectivity index (χ3v) is 3.30. The average molecular weight is 280 g/mol. The van der Waals surface area contributed by atoms with Crippen LogP contribution < -0.4 is 0 Å². The first-order chi connectivity index (χ1) is 7.65. The first kappa shape index (κ1) is 14.4. The van der Waals surface area contributed by atoms with Crippen molar-refractivity contribution in [2.75, 3.05) is 0 Å². The molecule has 1 aromatic rings. The standard InChI is InChI=1S/C10H18ClN3O2S/c1-5-6-14-8(7-10(2,3)4)12-13-9(14)17(11,15)16/h5-7H2,1-4H3. The Hall–Kier alpha value is -0.620. The molecule has 1 aromatic heterocycles. The fourth-order valence-corrected chi connectivity index (χ4v) is 2.49. The second kappa shape index (κ2) is 4.94. The molecule has 1 rings (SSSR count). The molecular formula is C10H18ClN3O2S. The molecule has 1 heterocycles. The molecule has 0 radical (unpaired) electrons. The molecule has 5 nitrogen and oxygen atoms in total. The maximum atomic E-state index is 11.3. The molecular weight excluding hydrogens is 262 g/mol. The minimum absolute atomic E-state index is 0.0197. The van der Waals surface area contributed by atoms with Crippen LogP contribution in [0, 0.1) is 5.41 Å². The Bertz CT molecular complexity index is 488. The number of aromatic nitrogens is 3. The Labute approximate surface area is 107 Å². The predicted octanol–water partition coefficient (Wildman–Crippen LogP) is 2.20. The van der Waals surface area contributed by atoms with Crippen molar-refractivity contribution in [1.29, 1.82) is 0 Å². The molecule has 0 saturated heterocycles. The Morgan fingerprint density at radius 1 is 1.29 bits per heavy atom. The summed E-state index contributed by atoms with van der Waals surface area (Å²) in [5.41, 5.74) is 0.0197. The molecule has 7 heteroatoms. The summed E-state index contributed by atoms with van der Waals surface area (Å²) in [5.74, 6) is 0.665. The van der Waals surface area contributed by atoms with Crippen LogP contribution >= 0.6 is 10.7 Å². The summed E-state index contributed by atoms with van der Waals surface area (Å²) >= 11 is 0. The number of hydrogen-bond donors (Lipinski definition) is 0. The molecule has 0 spiro atoms. The molecule has 98 valence electrons. The highest BCUT2D eigenvalue weighted by Gasteiger charge is 2.24. The maximum absolute atomic E-state index is 11.3. The van der Waals surface area contributed by atoms with Gasteiger partial charge < -0.3 is 4.57 Å². The van der Waals surface area contributed by atoms with Crippen LogP contribution in [-0.4, -0.2) is 23.2 Å². The first-order valence-electron chi connectivity index (χ1n) is 5.52. The molecule has 0 unspecified atom stereocenters. The van der Waals surface area contributed by atoms with Crippen LogP contribution in [-0.2, 0) is 22.0 Å². The summed E-state index contributed by atoms with van der Waals surface area (Å²) in [6.45, 7) is 8.71. The van der Waals surface area contributed by atoms with E-state index in [9.17, 15) is 8.42 Å². The van der Waals surface area contributed by atoms with Gasteiger partial charge in [-0.1, -0.05) is 27.7 Å². The predicted molar refractivity (Wildman–Crippen MR) is 66.5 cm³/mol. The van der Waals surface area contributed by atoms with Gasteiger partial charge in [0.25, 0.3) is 14.2 Å². The van der Waals surface area contributed by atoms with E-state index in [0.29, 0.717) is 18.8 Å². The Morgan fingerprint density at radius 3 is 2.29 bits per heavy atom. The molecule has 0 amide bonds. The summed E-state index contributed by atoms with van der Waals surface area (Å²) in [6.07, 6.45) is 1.46. The van der Waals surface area contributed by atoms with Crippen molar-refractivity contribution in [3.63, 3.8) is 0 Å². The Balaban J connectivity index is 3.20. The van der Waals surface area contributed by atoms with Gasteiger partial charge in [0.1, 0.15) is 5.82 Å². The zero-order valence-corrected chi connectivity index (χ0v) is 12.1. The van der Waals surface area contributed by atoms with Crippen molar-refractivity contribution in [3.8, 4) is 0 Å². The van der Waals surface area contributed by atoms with Gasteiger partial charge in [0.05, 0.1) is 0 Å².